The molecule has 8 heteroatoms. The molecule has 0 aromatic heterocycles. The van der Waals surface area contributed by atoms with E-state index in [2.05, 4.69) is 5.32 Å². The average molecular weight is 306 g/mol. The number of methoxy groups -OCH3 is 1. The number of rotatable bonds is 5. The predicted octanol–water partition coefficient (Wildman–Crippen LogP) is 1.98. The second-order valence-electron chi connectivity index (χ2n) is 4.45. The number of halogens is 3. The molecule has 1 rings (SSSR count). The molecule has 0 spiro atoms. The van der Waals surface area contributed by atoms with Crippen LogP contribution >= 0.6 is 0 Å². The molecule has 0 bridgehead atoms. The van der Waals surface area contributed by atoms with Crippen LogP contribution < -0.4 is 15.4 Å². The standard InChI is InChI=1S/C13H17F3N2O3/c1-8(7-19)17-12(20)18-11(13(14,15)16)9-3-5-10(21-2)6-4-9/h3-6,8,11,19H,7H2,1-2H3,(H2,17,18,20)/t8-,11-/m0/s1. The molecule has 0 saturated carbocycles. The van der Waals surface area contributed by atoms with Crippen molar-refractivity contribution < 1.29 is 27.8 Å². The Balaban J connectivity index is 2.88. The molecule has 1 aromatic rings. The molecular formula is C13H17F3N2O3. The minimum absolute atomic E-state index is 0.116. The first-order chi connectivity index (χ1) is 9.77. The van der Waals surface area contributed by atoms with Gasteiger partial charge in [0.2, 0.25) is 0 Å². The van der Waals surface area contributed by atoms with Crippen LogP contribution in [-0.2, 0) is 0 Å². The number of amides is 2. The van der Waals surface area contributed by atoms with Gasteiger partial charge in [-0.2, -0.15) is 13.2 Å². The number of aliphatic hydroxyl groups excluding tert-OH is 1. The number of benzene rings is 1. The van der Waals surface area contributed by atoms with Crippen molar-refractivity contribution in [2.45, 2.75) is 25.2 Å². The second-order valence-corrected chi connectivity index (χ2v) is 4.45. The van der Waals surface area contributed by atoms with Gasteiger partial charge < -0.3 is 20.5 Å². The molecule has 3 N–H and O–H groups in total. The van der Waals surface area contributed by atoms with Crippen LogP contribution in [0.15, 0.2) is 24.3 Å². The van der Waals surface area contributed by atoms with E-state index in [4.69, 9.17) is 9.84 Å². The Morgan fingerprint density at radius 2 is 1.86 bits per heavy atom. The van der Waals surface area contributed by atoms with Gasteiger partial charge in [0, 0.05) is 0 Å². The lowest BCUT2D eigenvalue weighted by Crippen LogP contribution is -2.47. The number of nitrogens with one attached hydrogen (secondary N) is 2. The molecule has 0 aliphatic heterocycles. The molecule has 0 fully saturated rings. The third kappa shape index (κ3) is 5.14. The number of aliphatic hydroxyl groups is 1. The Bertz CT molecular complexity index is 463. The summed E-state index contributed by atoms with van der Waals surface area (Å²) in [4.78, 5) is 11.5. The highest BCUT2D eigenvalue weighted by Crippen LogP contribution is 2.33. The molecule has 0 heterocycles. The fraction of sp³-hybridized carbons (Fsp3) is 0.462. The Kier molecular flexibility index (Phi) is 5.83. The maximum Gasteiger partial charge on any atom is 0.412 e. The second kappa shape index (κ2) is 7.16. The van der Waals surface area contributed by atoms with Crippen LogP contribution in [0.4, 0.5) is 18.0 Å². The molecule has 0 saturated heterocycles. The van der Waals surface area contributed by atoms with Crippen LogP contribution in [0.2, 0.25) is 0 Å². The molecule has 2 amide bonds. The highest BCUT2D eigenvalue weighted by atomic mass is 19.4. The zero-order chi connectivity index (χ0) is 16.0. The number of ether oxygens (including phenoxy) is 1. The van der Waals surface area contributed by atoms with Gasteiger partial charge in [0.1, 0.15) is 5.75 Å². The topological polar surface area (TPSA) is 70.6 Å². The molecule has 0 radical (unpaired) electrons. The summed E-state index contributed by atoms with van der Waals surface area (Å²) >= 11 is 0. The van der Waals surface area contributed by atoms with Crippen LogP contribution in [0, 0.1) is 0 Å². The minimum Gasteiger partial charge on any atom is -0.497 e. The zero-order valence-electron chi connectivity index (χ0n) is 11.6. The van der Waals surface area contributed by atoms with E-state index < -0.39 is 24.3 Å². The van der Waals surface area contributed by atoms with E-state index in [1.165, 1.54) is 38.3 Å². The van der Waals surface area contributed by atoms with Crippen molar-refractivity contribution >= 4 is 6.03 Å². The number of hydrogen-bond acceptors (Lipinski definition) is 3. The third-order valence-electron chi connectivity index (χ3n) is 2.70. The Morgan fingerprint density at radius 3 is 2.29 bits per heavy atom. The van der Waals surface area contributed by atoms with Crippen molar-refractivity contribution in [1.82, 2.24) is 10.6 Å². The molecule has 0 aliphatic carbocycles. The van der Waals surface area contributed by atoms with Crippen LogP contribution in [0.3, 0.4) is 0 Å². The van der Waals surface area contributed by atoms with Gasteiger partial charge in [0.15, 0.2) is 6.04 Å². The van der Waals surface area contributed by atoms with E-state index in [1.54, 1.807) is 0 Å². The van der Waals surface area contributed by atoms with Crippen LogP contribution in [-0.4, -0.2) is 37.1 Å². The third-order valence-corrected chi connectivity index (χ3v) is 2.70. The van der Waals surface area contributed by atoms with E-state index in [-0.39, 0.29) is 12.2 Å². The number of hydrogen-bond donors (Lipinski definition) is 3. The first kappa shape index (κ1) is 17.1. The fourth-order valence-corrected chi connectivity index (χ4v) is 1.59. The van der Waals surface area contributed by atoms with Crippen molar-refractivity contribution in [2.75, 3.05) is 13.7 Å². The summed E-state index contributed by atoms with van der Waals surface area (Å²) in [5, 5.41) is 12.8. The number of alkyl halides is 3. The molecule has 0 aliphatic rings. The van der Waals surface area contributed by atoms with Gasteiger partial charge in [-0.05, 0) is 24.6 Å². The van der Waals surface area contributed by atoms with Crippen LogP contribution in [0.25, 0.3) is 0 Å². The average Bonchev–Trinajstić information content (AvgIpc) is 2.43. The van der Waals surface area contributed by atoms with Gasteiger partial charge in [-0.15, -0.1) is 0 Å². The maximum absolute atomic E-state index is 13.0. The summed E-state index contributed by atoms with van der Waals surface area (Å²) in [6.07, 6.45) is -4.64. The van der Waals surface area contributed by atoms with Gasteiger partial charge >= 0.3 is 12.2 Å². The quantitative estimate of drug-likeness (QED) is 0.779. The summed E-state index contributed by atoms with van der Waals surface area (Å²) in [5.74, 6) is 0.415. The van der Waals surface area contributed by atoms with Gasteiger partial charge in [0.05, 0.1) is 19.8 Å². The highest BCUT2D eigenvalue weighted by molar-refractivity contribution is 5.74. The minimum atomic E-state index is -4.64. The summed E-state index contributed by atoms with van der Waals surface area (Å²) < 4.78 is 44.0. The predicted molar refractivity (Wildman–Crippen MR) is 70.0 cm³/mol. The van der Waals surface area contributed by atoms with E-state index in [0.717, 1.165) is 0 Å². The highest BCUT2D eigenvalue weighted by Gasteiger charge is 2.42. The Morgan fingerprint density at radius 1 is 1.29 bits per heavy atom. The van der Waals surface area contributed by atoms with Gasteiger partial charge in [-0.3, -0.25) is 0 Å². The lowest BCUT2D eigenvalue weighted by molar-refractivity contribution is -0.155. The summed E-state index contributed by atoms with van der Waals surface area (Å²) in [6, 6.07) is 1.42. The molecule has 118 valence electrons. The van der Waals surface area contributed by atoms with Crippen molar-refractivity contribution in [3.63, 3.8) is 0 Å². The molecule has 1 aromatic carbocycles. The summed E-state index contributed by atoms with van der Waals surface area (Å²) in [7, 11) is 1.40. The molecule has 2 atom stereocenters. The van der Waals surface area contributed by atoms with E-state index in [1.807, 2.05) is 5.32 Å². The van der Waals surface area contributed by atoms with Crippen LogP contribution in [0.1, 0.15) is 18.5 Å². The monoisotopic (exact) mass is 306 g/mol. The molecule has 5 nitrogen and oxygen atoms in total. The lowest BCUT2D eigenvalue weighted by atomic mass is 10.1. The largest absolute Gasteiger partial charge is 0.497 e. The van der Waals surface area contributed by atoms with E-state index in [0.29, 0.717) is 5.75 Å². The van der Waals surface area contributed by atoms with Crippen molar-refractivity contribution in [3.8, 4) is 5.75 Å². The van der Waals surface area contributed by atoms with Gasteiger partial charge in [-0.1, -0.05) is 12.1 Å². The van der Waals surface area contributed by atoms with Crippen molar-refractivity contribution in [1.29, 1.82) is 0 Å². The Labute approximate surface area is 120 Å². The van der Waals surface area contributed by atoms with E-state index >= 15 is 0 Å². The smallest absolute Gasteiger partial charge is 0.412 e. The maximum atomic E-state index is 13.0. The number of carbonyl (C=O) groups is 1. The molecular weight excluding hydrogens is 289 g/mol. The number of urea groups is 1. The van der Waals surface area contributed by atoms with E-state index in [9.17, 15) is 18.0 Å². The van der Waals surface area contributed by atoms with Gasteiger partial charge in [-0.25, -0.2) is 4.79 Å². The zero-order valence-corrected chi connectivity index (χ0v) is 11.6. The Hall–Kier alpha value is -1.96. The summed E-state index contributed by atoms with van der Waals surface area (Å²) in [6.45, 7) is 1.10. The lowest BCUT2D eigenvalue weighted by Gasteiger charge is -2.23. The first-order valence-corrected chi connectivity index (χ1v) is 6.16. The molecule has 0 unspecified atom stereocenters. The summed E-state index contributed by atoms with van der Waals surface area (Å²) in [5.41, 5.74) is -0.116. The van der Waals surface area contributed by atoms with Crippen molar-refractivity contribution in [2.24, 2.45) is 0 Å². The fourth-order valence-electron chi connectivity index (χ4n) is 1.59. The molecule has 21 heavy (non-hydrogen) atoms. The van der Waals surface area contributed by atoms with Gasteiger partial charge in [0.25, 0.3) is 0 Å². The van der Waals surface area contributed by atoms with Crippen molar-refractivity contribution in [3.05, 3.63) is 29.8 Å². The SMILES string of the molecule is COc1ccc([C@H](NC(=O)N[C@@H](C)CO)C(F)(F)F)cc1. The first-order valence-electron chi connectivity index (χ1n) is 6.16. The van der Waals surface area contributed by atoms with Crippen LogP contribution in [0.5, 0.6) is 5.75 Å². The normalized spacial score (nSPS) is 14.2. The number of carbonyl (C=O) groups excluding carboxylic acids is 1.